The van der Waals surface area contributed by atoms with Crippen molar-refractivity contribution < 1.29 is 23.7 Å². The molecule has 0 saturated heterocycles. The number of hydrogen-bond donors (Lipinski definition) is 1. The van der Waals surface area contributed by atoms with E-state index in [1.807, 2.05) is 13.0 Å². The van der Waals surface area contributed by atoms with Crippen LogP contribution in [0, 0.1) is 6.92 Å². The van der Waals surface area contributed by atoms with Gasteiger partial charge in [-0.25, -0.2) is 0 Å². The van der Waals surface area contributed by atoms with Crippen LogP contribution in [0.5, 0.6) is 23.0 Å². The zero-order valence-electron chi connectivity index (χ0n) is 19.0. The fourth-order valence-electron chi connectivity index (χ4n) is 3.13. The first-order valence-electron chi connectivity index (χ1n) is 10.0. The third-order valence-corrected chi connectivity index (χ3v) is 5.57. The van der Waals surface area contributed by atoms with Crippen molar-refractivity contribution in [2.45, 2.75) is 33.3 Å². The number of aryl methyl sites for hydroxylation is 1. The molecular formula is C23H27N3O5S. The van der Waals surface area contributed by atoms with Crippen LogP contribution >= 0.6 is 11.3 Å². The molecule has 0 fully saturated rings. The molecule has 170 valence electrons. The number of carbonyl (C=O) groups excluding carboxylic acids is 1. The van der Waals surface area contributed by atoms with Crippen molar-refractivity contribution in [1.82, 2.24) is 10.2 Å². The number of methoxy groups -OCH3 is 3. The summed E-state index contributed by atoms with van der Waals surface area (Å²) in [5.41, 5.74) is 2.60. The van der Waals surface area contributed by atoms with Crippen LogP contribution in [0.25, 0.3) is 0 Å². The number of aromatic nitrogens is 2. The first-order valence-corrected chi connectivity index (χ1v) is 10.8. The van der Waals surface area contributed by atoms with Gasteiger partial charge in [-0.3, -0.25) is 10.1 Å². The number of anilines is 1. The highest BCUT2D eigenvalue weighted by molar-refractivity contribution is 7.15. The van der Waals surface area contributed by atoms with Gasteiger partial charge in [0.05, 0.1) is 21.3 Å². The molecule has 32 heavy (non-hydrogen) atoms. The summed E-state index contributed by atoms with van der Waals surface area (Å²) < 4.78 is 21.9. The van der Waals surface area contributed by atoms with E-state index in [9.17, 15) is 4.79 Å². The zero-order chi connectivity index (χ0) is 23.3. The van der Waals surface area contributed by atoms with Crippen LogP contribution in [0.3, 0.4) is 0 Å². The zero-order valence-corrected chi connectivity index (χ0v) is 19.8. The van der Waals surface area contributed by atoms with E-state index in [1.165, 1.54) is 32.7 Å². The van der Waals surface area contributed by atoms with Crippen LogP contribution in [0.2, 0.25) is 0 Å². The van der Waals surface area contributed by atoms with Gasteiger partial charge in [0.2, 0.25) is 10.9 Å². The Balaban J connectivity index is 1.71. The van der Waals surface area contributed by atoms with Gasteiger partial charge in [0.15, 0.2) is 16.5 Å². The first-order chi connectivity index (χ1) is 15.4. The van der Waals surface area contributed by atoms with E-state index in [0.717, 1.165) is 16.9 Å². The van der Waals surface area contributed by atoms with E-state index in [0.29, 0.717) is 38.9 Å². The Morgan fingerprint density at radius 2 is 1.69 bits per heavy atom. The average molecular weight is 458 g/mol. The lowest BCUT2D eigenvalue weighted by molar-refractivity contribution is 0.102. The van der Waals surface area contributed by atoms with Crippen molar-refractivity contribution in [2.75, 3.05) is 26.6 Å². The molecule has 2 aromatic carbocycles. The highest BCUT2D eigenvalue weighted by Gasteiger charge is 2.18. The fourth-order valence-corrected chi connectivity index (χ4v) is 3.78. The topological polar surface area (TPSA) is 91.8 Å². The summed E-state index contributed by atoms with van der Waals surface area (Å²) in [7, 11) is 4.50. The predicted octanol–water partition coefficient (Wildman–Crippen LogP) is 4.83. The minimum absolute atomic E-state index is 0.265. The number of hydrogen-bond acceptors (Lipinski definition) is 8. The van der Waals surface area contributed by atoms with Crippen molar-refractivity contribution in [2.24, 2.45) is 0 Å². The van der Waals surface area contributed by atoms with Gasteiger partial charge in [0, 0.05) is 5.56 Å². The van der Waals surface area contributed by atoms with E-state index in [2.05, 4.69) is 41.5 Å². The molecule has 0 spiro atoms. The van der Waals surface area contributed by atoms with Crippen LogP contribution in [0.15, 0.2) is 30.3 Å². The van der Waals surface area contributed by atoms with Gasteiger partial charge in [0.25, 0.3) is 5.91 Å². The molecule has 0 bridgehead atoms. The Bertz CT molecular complexity index is 1070. The molecule has 0 aliphatic carbocycles. The second-order valence-electron chi connectivity index (χ2n) is 7.35. The molecule has 3 rings (SSSR count). The molecule has 0 atom stereocenters. The molecule has 9 heteroatoms. The molecule has 0 saturated carbocycles. The van der Waals surface area contributed by atoms with Gasteiger partial charge >= 0.3 is 0 Å². The summed E-state index contributed by atoms with van der Waals surface area (Å²) in [6.07, 6.45) is 0. The summed E-state index contributed by atoms with van der Waals surface area (Å²) in [6.45, 7) is 6.54. The molecule has 1 amide bonds. The van der Waals surface area contributed by atoms with Crippen LogP contribution in [0.1, 0.15) is 46.3 Å². The lowest BCUT2D eigenvalue weighted by Crippen LogP contribution is -2.12. The maximum atomic E-state index is 12.7. The Morgan fingerprint density at radius 3 is 2.28 bits per heavy atom. The highest BCUT2D eigenvalue weighted by atomic mass is 32.1. The third-order valence-electron chi connectivity index (χ3n) is 4.76. The second-order valence-corrected chi connectivity index (χ2v) is 8.42. The lowest BCUT2D eigenvalue weighted by Gasteiger charge is -2.14. The summed E-state index contributed by atoms with van der Waals surface area (Å²) >= 11 is 1.25. The van der Waals surface area contributed by atoms with Crippen LogP contribution in [0.4, 0.5) is 5.13 Å². The third kappa shape index (κ3) is 5.28. The molecule has 0 unspecified atom stereocenters. The number of amides is 1. The van der Waals surface area contributed by atoms with Crippen molar-refractivity contribution in [1.29, 1.82) is 0 Å². The monoisotopic (exact) mass is 457 g/mol. The van der Waals surface area contributed by atoms with E-state index in [4.69, 9.17) is 18.9 Å². The summed E-state index contributed by atoms with van der Waals surface area (Å²) in [6, 6.07) is 9.33. The SMILES string of the molecule is COc1cc(C(=O)Nc2nnc(COc3cc(C)ccc3C(C)C)s2)cc(OC)c1OC. The standard InChI is InChI=1S/C23H27N3O5S/c1-13(2)16-8-7-14(3)9-17(16)31-12-20-25-26-23(32-20)24-22(27)15-10-18(28-4)21(30-6)19(11-15)29-5/h7-11,13H,12H2,1-6H3,(H,24,26,27). The quantitative estimate of drug-likeness (QED) is 0.492. The molecule has 0 radical (unpaired) electrons. The van der Waals surface area contributed by atoms with Gasteiger partial charge in [-0.1, -0.05) is 37.3 Å². The lowest BCUT2D eigenvalue weighted by atomic mass is 10.0. The Kier molecular flexibility index (Phi) is 7.53. The van der Waals surface area contributed by atoms with E-state index < -0.39 is 0 Å². The maximum Gasteiger partial charge on any atom is 0.257 e. The molecule has 8 nitrogen and oxygen atoms in total. The number of carbonyl (C=O) groups is 1. The number of nitrogens with zero attached hydrogens (tertiary/aromatic N) is 2. The molecular weight excluding hydrogens is 430 g/mol. The van der Waals surface area contributed by atoms with Gasteiger partial charge in [-0.2, -0.15) is 0 Å². The summed E-state index contributed by atoms with van der Waals surface area (Å²) in [5, 5.41) is 12.0. The number of benzene rings is 2. The van der Waals surface area contributed by atoms with Gasteiger partial charge in [-0.15, -0.1) is 10.2 Å². The smallest absolute Gasteiger partial charge is 0.257 e. The van der Waals surface area contributed by atoms with Gasteiger partial charge in [-0.05, 0) is 42.2 Å². The second kappa shape index (κ2) is 10.3. The van der Waals surface area contributed by atoms with Crippen molar-refractivity contribution in [3.8, 4) is 23.0 Å². The van der Waals surface area contributed by atoms with Crippen LogP contribution in [-0.4, -0.2) is 37.4 Å². The number of rotatable bonds is 9. The normalized spacial score (nSPS) is 10.7. The fraction of sp³-hybridized carbons (Fsp3) is 0.348. The first kappa shape index (κ1) is 23.3. The summed E-state index contributed by atoms with van der Waals surface area (Å²) in [4.78, 5) is 12.7. The maximum absolute atomic E-state index is 12.7. The molecule has 3 aromatic rings. The van der Waals surface area contributed by atoms with Crippen LogP contribution < -0.4 is 24.3 Å². The highest BCUT2D eigenvalue weighted by Crippen LogP contribution is 2.38. The Labute approximate surface area is 191 Å². The van der Waals surface area contributed by atoms with E-state index >= 15 is 0 Å². The predicted molar refractivity (Wildman–Crippen MR) is 124 cm³/mol. The van der Waals surface area contributed by atoms with Crippen LogP contribution in [-0.2, 0) is 6.61 Å². The van der Waals surface area contributed by atoms with Gasteiger partial charge in [0.1, 0.15) is 12.4 Å². The summed E-state index contributed by atoms with van der Waals surface area (Å²) in [5.74, 6) is 2.00. The van der Waals surface area contributed by atoms with E-state index in [1.54, 1.807) is 12.1 Å². The van der Waals surface area contributed by atoms with Crippen molar-refractivity contribution >= 4 is 22.4 Å². The minimum atomic E-state index is -0.367. The largest absolute Gasteiger partial charge is 0.493 e. The van der Waals surface area contributed by atoms with Gasteiger partial charge < -0.3 is 18.9 Å². The number of nitrogens with one attached hydrogen (secondary N) is 1. The average Bonchev–Trinajstić information content (AvgIpc) is 3.23. The Morgan fingerprint density at radius 1 is 1.00 bits per heavy atom. The molecule has 1 heterocycles. The molecule has 0 aliphatic rings. The molecule has 1 aromatic heterocycles. The minimum Gasteiger partial charge on any atom is -0.493 e. The molecule has 1 N–H and O–H groups in total. The van der Waals surface area contributed by atoms with E-state index in [-0.39, 0.29) is 12.5 Å². The van der Waals surface area contributed by atoms with Crippen molar-refractivity contribution in [3.05, 3.63) is 52.0 Å². The number of ether oxygens (including phenoxy) is 4. The Hall–Kier alpha value is -3.33. The van der Waals surface area contributed by atoms with Crippen molar-refractivity contribution in [3.63, 3.8) is 0 Å². The molecule has 0 aliphatic heterocycles.